The standard InChI is InChI=1S/C22H23FN4O2.HI/c1-2-24-22(26-15-17-5-3-6-18(23)13-17)25-14-16-8-10-19(11-9-16)27-21(28)20-7-4-12-29-20;/h3-13H,2,14-15H2,1H3,(H,27,28)(H2,24,25,26);1H. The Balaban J connectivity index is 0.00000320. The van der Waals surface area contributed by atoms with Gasteiger partial charge in [0.15, 0.2) is 11.7 Å². The number of furan rings is 1. The minimum absolute atomic E-state index is 0. The van der Waals surface area contributed by atoms with E-state index in [0.717, 1.165) is 11.1 Å². The van der Waals surface area contributed by atoms with Crippen molar-refractivity contribution < 1.29 is 13.6 Å². The predicted molar refractivity (Wildman–Crippen MR) is 127 cm³/mol. The Morgan fingerprint density at radius 3 is 2.50 bits per heavy atom. The maximum absolute atomic E-state index is 13.3. The van der Waals surface area contributed by atoms with E-state index in [1.165, 1.54) is 18.4 Å². The minimum Gasteiger partial charge on any atom is -0.459 e. The zero-order chi connectivity index (χ0) is 20.5. The van der Waals surface area contributed by atoms with Gasteiger partial charge >= 0.3 is 0 Å². The summed E-state index contributed by atoms with van der Waals surface area (Å²) in [5, 5.41) is 9.20. The lowest BCUT2D eigenvalue weighted by Crippen LogP contribution is -2.36. The lowest BCUT2D eigenvalue weighted by molar-refractivity contribution is 0.0996. The van der Waals surface area contributed by atoms with Crippen molar-refractivity contribution in [3.63, 3.8) is 0 Å². The second-order valence-electron chi connectivity index (χ2n) is 6.31. The highest BCUT2D eigenvalue weighted by Crippen LogP contribution is 2.12. The molecule has 0 saturated heterocycles. The highest BCUT2D eigenvalue weighted by atomic mass is 127. The number of benzene rings is 2. The molecule has 6 nitrogen and oxygen atoms in total. The first-order chi connectivity index (χ1) is 14.1. The third-order valence-corrected chi connectivity index (χ3v) is 4.07. The van der Waals surface area contributed by atoms with Crippen LogP contribution in [0.5, 0.6) is 0 Å². The molecule has 1 aromatic heterocycles. The predicted octanol–water partition coefficient (Wildman–Crippen LogP) is 4.54. The van der Waals surface area contributed by atoms with E-state index >= 15 is 0 Å². The SMILES string of the molecule is CCNC(=NCc1cccc(F)c1)NCc1ccc(NC(=O)c2ccco2)cc1.I. The fraction of sp³-hybridized carbons (Fsp3) is 0.182. The van der Waals surface area contributed by atoms with Crippen LogP contribution in [0.1, 0.15) is 28.6 Å². The highest BCUT2D eigenvalue weighted by molar-refractivity contribution is 14.0. The summed E-state index contributed by atoms with van der Waals surface area (Å²) in [5.74, 6) is 0.349. The summed E-state index contributed by atoms with van der Waals surface area (Å²) in [5.41, 5.74) is 2.51. The molecule has 0 spiro atoms. The van der Waals surface area contributed by atoms with Gasteiger partial charge in [-0.05, 0) is 54.4 Å². The largest absolute Gasteiger partial charge is 0.459 e. The smallest absolute Gasteiger partial charge is 0.291 e. The average Bonchev–Trinajstić information content (AvgIpc) is 3.26. The van der Waals surface area contributed by atoms with Crippen LogP contribution in [0.4, 0.5) is 10.1 Å². The van der Waals surface area contributed by atoms with Crippen LogP contribution in [0.25, 0.3) is 0 Å². The zero-order valence-corrected chi connectivity index (χ0v) is 18.9. The van der Waals surface area contributed by atoms with E-state index in [9.17, 15) is 9.18 Å². The number of hydrogen-bond donors (Lipinski definition) is 3. The number of aliphatic imine (C=N–C) groups is 1. The molecule has 0 unspecified atom stereocenters. The van der Waals surface area contributed by atoms with Gasteiger partial charge in [-0.1, -0.05) is 24.3 Å². The topological polar surface area (TPSA) is 78.7 Å². The van der Waals surface area contributed by atoms with Crippen molar-refractivity contribution in [2.24, 2.45) is 4.99 Å². The number of carbonyl (C=O) groups excluding carboxylic acids is 1. The van der Waals surface area contributed by atoms with E-state index in [2.05, 4.69) is 20.9 Å². The molecule has 0 atom stereocenters. The first-order valence-electron chi connectivity index (χ1n) is 9.34. The maximum atomic E-state index is 13.3. The van der Waals surface area contributed by atoms with Crippen LogP contribution in [0.2, 0.25) is 0 Å². The number of halogens is 2. The van der Waals surface area contributed by atoms with Gasteiger partial charge in [-0.15, -0.1) is 24.0 Å². The number of nitrogens with one attached hydrogen (secondary N) is 3. The normalized spacial score (nSPS) is 10.8. The van der Waals surface area contributed by atoms with Crippen molar-refractivity contribution in [3.8, 4) is 0 Å². The number of guanidine groups is 1. The van der Waals surface area contributed by atoms with Crippen LogP contribution in [0, 0.1) is 5.82 Å². The number of amides is 1. The third kappa shape index (κ3) is 7.18. The van der Waals surface area contributed by atoms with Crippen molar-refractivity contribution in [3.05, 3.63) is 89.6 Å². The van der Waals surface area contributed by atoms with Gasteiger partial charge in [0.2, 0.25) is 0 Å². The van der Waals surface area contributed by atoms with E-state index in [-0.39, 0.29) is 41.5 Å². The molecule has 0 fully saturated rings. The summed E-state index contributed by atoms with van der Waals surface area (Å²) in [6.45, 7) is 3.63. The van der Waals surface area contributed by atoms with Gasteiger partial charge in [-0.3, -0.25) is 4.79 Å². The number of nitrogens with zero attached hydrogens (tertiary/aromatic N) is 1. The first kappa shape index (κ1) is 23.4. The maximum Gasteiger partial charge on any atom is 0.291 e. The molecule has 158 valence electrons. The molecule has 0 aliphatic rings. The van der Waals surface area contributed by atoms with Crippen LogP contribution in [0.15, 0.2) is 76.3 Å². The molecule has 1 amide bonds. The van der Waals surface area contributed by atoms with E-state index < -0.39 is 0 Å². The molecule has 0 saturated carbocycles. The second kappa shape index (κ2) is 12.0. The van der Waals surface area contributed by atoms with Crippen molar-refractivity contribution in [2.45, 2.75) is 20.0 Å². The van der Waals surface area contributed by atoms with Crippen LogP contribution >= 0.6 is 24.0 Å². The van der Waals surface area contributed by atoms with Crippen LogP contribution < -0.4 is 16.0 Å². The Labute approximate surface area is 192 Å². The van der Waals surface area contributed by atoms with E-state index in [1.807, 2.05) is 37.3 Å². The summed E-state index contributed by atoms with van der Waals surface area (Å²) >= 11 is 0. The van der Waals surface area contributed by atoms with Gasteiger partial charge in [0.1, 0.15) is 5.82 Å². The molecule has 8 heteroatoms. The number of carbonyl (C=O) groups is 1. The van der Waals surface area contributed by atoms with E-state index in [4.69, 9.17) is 4.42 Å². The van der Waals surface area contributed by atoms with Crippen LogP contribution in [0.3, 0.4) is 0 Å². The van der Waals surface area contributed by atoms with Crippen molar-refractivity contribution in [2.75, 3.05) is 11.9 Å². The monoisotopic (exact) mass is 522 g/mol. The summed E-state index contributed by atoms with van der Waals surface area (Å²) in [7, 11) is 0. The van der Waals surface area contributed by atoms with E-state index in [1.54, 1.807) is 18.2 Å². The lowest BCUT2D eigenvalue weighted by Gasteiger charge is -2.12. The number of hydrogen-bond acceptors (Lipinski definition) is 3. The molecule has 0 aliphatic carbocycles. The zero-order valence-electron chi connectivity index (χ0n) is 16.5. The first-order valence-corrected chi connectivity index (χ1v) is 9.34. The van der Waals surface area contributed by atoms with E-state index in [0.29, 0.717) is 31.3 Å². The fourth-order valence-corrected chi connectivity index (χ4v) is 2.64. The van der Waals surface area contributed by atoms with Crippen molar-refractivity contribution in [1.29, 1.82) is 0 Å². The van der Waals surface area contributed by atoms with Gasteiger partial charge in [0.25, 0.3) is 5.91 Å². The van der Waals surface area contributed by atoms with Crippen molar-refractivity contribution >= 4 is 41.5 Å². The molecule has 0 radical (unpaired) electrons. The van der Waals surface area contributed by atoms with Gasteiger partial charge in [0, 0.05) is 18.8 Å². The fourth-order valence-electron chi connectivity index (χ4n) is 2.64. The Morgan fingerprint density at radius 2 is 1.83 bits per heavy atom. The number of anilines is 1. The van der Waals surface area contributed by atoms with Gasteiger partial charge in [-0.2, -0.15) is 0 Å². The average molecular weight is 522 g/mol. The van der Waals surface area contributed by atoms with Crippen LogP contribution in [-0.2, 0) is 13.1 Å². The highest BCUT2D eigenvalue weighted by Gasteiger charge is 2.08. The molecule has 3 aromatic rings. The Bertz CT molecular complexity index is 960. The molecule has 1 heterocycles. The summed E-state index contributed by atoms with van der Waals surface area (Å²) in [6, 6.07) is 17.2. The summed E-state index contributed by atoms with van der Waals surface area (Å²) in [6.07, 6.45) is 1.46. The van der Waals surface area contributed by atoms with Gasteiger partial charge in [-0.25, -0.2) is 9.38 Å². The molecular weight excluding hydrogens is 498 g/mol. The van der Waals surface area contributed by atoms with Gasteiger partial charge < -0.3 is 20.4 Å². The van der Waals surface area contributed by atoms with Crippen LogP contribution in [-0.4, -0.2) is 18.4 Å². The Kier molecular flexibility index (Phi) is 9.33. The molecule has 2 aromatic carbocycles. The van der Waals surface area contributed by atoms with Gasteiger partial charge in [0.05, 0.1) is 12.8 Å². The molecule has 3 rings (SSSR count). The number of rotatable bonds is 7. The minimum atomic E-state index is -0.292. The molecule has 0 bridgehead atoms. The second-order valence-corrected chi connectivity index (χ2v) is 6.31. The Morgan fingerprint density at radius 1 is 1.03 bits per heavy atom. The molecular formula is C22H24FIN4O2. The lowest BCUT2D eigenvalue weighted by atomic mass is 10.2. The molecule has 3 N–H and O–H groups in total. The molecule has 0 aliphatic heterocycles. The third-order valence-electron chi connectivity index (χ3n) is 4.07. The molecule has 30 heavy (non-hydrogen) atoms. The quantitative estimate of drug-likeness (QED) is 0.242. The van der Waals surface area contributed by atoms with Crippen molar-refractivity contribution in [1.82, 2.24) is 10.6 Å². The summed E-state index contributed by atoms with van der Waals surface area (Å²) < 4.78 is 18.4. The Hall–Kier alpha value is -2.88. The summed E-state index contributed by atoms with van der Waals surface area (Å²) in [4.78, 5) is 16.5.